The van der Waals surface area contributed by atoms with Crippen LogP contribution >= 0.6 is 0 Å². The van der Waals surface area contributed by atoms with Gasteiger partial charge in [-0.2, -0.15) is 0 Å². The molecule has 1 aliphatic heterocycles. The highest BCUT2D eigenvalue weighted by Crippen LogP contribution is 2.52. The summed E-state index contributed by atoms with van der Waals surface area (Å²) in [6.07, 6.45) is 3.03. The van der Waals surface area contributed by atoms with Gasteiger partial charge in [-0.05, 0) is 25.7 Å². The summed E-state index contributed by atoms with van der Waals surface area (Å²) >= 11 is 0. The summed E-state index contributed by atoms with van der Waals surface area (Å²) in [5.74, 6) is -1.01. The lowest BCUT2D eigenvalue weighted by Gasteiger charge is -2.53. The fourth-order valence-corrected chi connectivity index (χ4v) is 3.10. The molecule has 1 amide bonds. The van der Waals surface area contributed by atoms with E-state index in [4.69, 9.17) is 0 Å². The largest absolute Gasteiger partial charge is 0.481 e. The first-order chi connectivity index (χ1) is 7.91. The minimum absolute atomic E-state index is 0.0945. The molecule has 2 fully saturated rings. The van der Waals surface area contributed by atoms with Crippen LogP contribution in [0.5, 0.6) is 0 Å². The van der Waals surface area contributed by atoms with Crippen LogP contribution in [0, 0.1) is 5.41 Å². The predicted molar refractivity (Wildman–Crippen MR) is 60.4 cm³/mol. The number of β-amino-alcohol motifs (C(OH)–C–C–N with tert-alkyl or cyclic N) is 1. The van der Waals surface area contributed by atoms with Gasteiger partial charge in [0, 0.05) is 13.5 Å². The molecule has 17 heavy (non-hydrogen) atoms. The Balaban J connectivity index is 2.22. The van der Waals surface area contributed by atoms with Crippen LogP contribution in [0.25, 0.3) is 0 Å². The van der Waals surface area contributed by atoms with E-state index >= 15 is 0 Å². The molecule has 2 rings (SSSR count). The fraction of sp³-hybridized carbons (Fsp3) is 0.833. The lowest BCUT2D eigenvalue weighted by atomic mass is 9.56. The first-order valence-electron chi connectivity index (χ1n) is 6.13. The van der Waals surface area contributed by atoms with E-state index in [2.05, 4.69) is 0 Å². The van der Waals surface area contributed by atoms with E-state index in [1.807, 2.05) is 0 Å². The Hall–Kier alpha value is -1.10. The van der Waals surface area contributed by atoms with Gasteiger partial charge >= 0.3 is 5.97 Å². The summed E-state index contributed by atoms with van der Waals surface area (Å²) < 4.78 is 0. The second-order valence-corrected chi connectivity index (χ2v) is 5.32. The van der Waals surface area contributed by atoms with E-state index in [1.165, 1.54) is 6.92 Å². The maximum atomic E-state index is 11.4. The molecule has 2 aliphatic rings. The summed E-state index contributed by atoms with van der Waals surface area (Å²) in [5.41, 5.74) is -2.28. The van der Waals surface area contributed by atoms with Gasteiger partial charge in [-0.15, -0.1) is 0 Å². The number of nitrogens with zero attached hydrogens (tertiary/aromatic N) is 1. The molecule has 5 nitrogen and oxygen atoms in total. The van der Waals surface area contributed by atoms with E-state index in [9.17, 15) is 19.8 Å². The van der Waals surface area contributed by atoms with E-state index in [-0.39, 0.29) is 12.5 Å². The number of piperidine rings is 1. The van der Waals surface area contributed by atoms with Crippen LogP contribution < -0.4 is 0 Å². The summed E-state index contributed by atoms with van der Waals surface area (Å²) in [6.45, 7) is 2.24. The molecule has 1 heterocycles. The van der Waals surface area contributed by atoms with E-state index in [0.29, 0.717) is 32.2 Å². The number of carbonyl (C=O) groups is 2. The zero-order chi connectivity index (χ0) is 12.7. The number of rotatable bonds is 2. The summed E-state index contributed by atoms with van der Waals surface area (Å²) in [7, 11) is 0. The van der Waals surface area contributed by atoms with Gasteiger partial charge in [0.15, 0.2) is 0 Å². The second kappa shape index (κ2) is 3.98. The molecule has 0 aromatic rings. The Bertz CT molecular complexity index is 350. The number of carboxylic acids is 1. The SMILES string of the molecule is CC(=O)N1CCCC(O)(C2(C(=O)O)CCC2)C1. The highest BCUT2D eigenvalue weighted by atomic mass is 16.4. The number of hydrogen-bond acceptors (Lipinski definition) is 3. The number of aliphatic carboxylic acids is 1. The van der Waals surface area contributed by atoms with Crippen LogP contribution in [0.4, 0.5) is 0 Å². The fourth-order valence-electron chi connectivity index (χ4n) is 3.10. The zero-order valence-electron chi connectivity index (χ0n) is 10.1. The van der Waals surface area contributed by atoms with Gasteiger partial charge in [-0.3, -0.25) is 9.59 Å². The standard InChI is InChI=1S/C12H19NO4/c1-9(14)13-7-3-6-12(17,8-13)11(10(15)16)4-2-5-11/h17H,2-8H2,1H3,(H,15,16). The Kier molecular flexibility index (Phi) is 2.89. The molecule has 96 valence electrons. The van der Waals surface area contributed by atoms with Crippen molar-refractivity contribution in [3.8, 4) is 0 Å². The molecule has 0 radical (unpaired) electrons. The molecule has 0 spiro atoms. The van der Waals surface area contributed by atoms with Crippen LogP contribution in [-0.4, -0.2) is 45.7 Å². The van der Waals surface area contributed by atoms with Gasteiger partial charge < -0.3 is 15.1 Å². The van der Waals surface area contributed by atoms with Crippen molar-refractivity contribution < 1.29 is 19.8 Å². The molecule has 1 atom stereocenters. The van der Waals surface area contributed by atoms with E-state index < -0.39 is 17.0 Å². The second-order valence-electron chi connectivity index (χ2n) is 5.32. The number of carbonyl (C=O) groups excluding carboxylic acids is 1. The predicted octanol–water partition coefficient (Wildman–Crippen LogP) is 0.615. The number of likely N-dealkylation sites (tertiary alicyclic amines) is 1. The monoisotopic (exact) mass is 241 g/mol. The minimum atomic E-state index is -1.25. The Morgan fingerprint density at radius 1 is 1.18 bits per heavy atom. The van der Waals surface area contributed by atoms with Crippen molar-refractivity contribution in [1.82, 2.24) is 4.90 Å². The van der Waals surface area contributed by atoms with Crippen LogP contribution in [-0.2, 0) is 9.59 Å². The number of amides is 1. The summed E-state index contributed by atoms with van der Waals surface area (Å²) in [4.78, 5) is 24.3. The highest BCUT2D eigenvalue weighted by Gasteiger charge is 2.60. The van der Waals surface area contributed by atoms with Crippen molar-refractivity contribution in [2.75, 3.05) is 13.1 Å². The lowest BCUT2D eigenvalue weighted by molar-refractivity contribution is -0.196. The van der Waals surface area contributed by atoms with Gasteiger partial charge in [0.1, 0.15) is 0 Å². The molecule has 1 unspecified atom stereocenters. The van der Waals surface area contributed by atoms with Crippen molar-refractivity contribution in [3.63, 3.8) is 0 Å². The Labute approximate surface area is 100 Å². The quantitative estimate of drug-likeness (QED) is 0.742. The van der Waals surface area contributed by atoms with Crippen molar-refractivity contribution in [2.24, 2.45) is 5.41 Å². The van der Waals surface area contributed by atoms with Gasteiger partial charge in [-0.1, -0.05) is 6.42 Å². The normalized spacial score (nSPS) is 31.8. The summed E-state index contributed by atoms with van der Waals surface area (Å²) in [5, 5.41) is 20.0. The van der Waals surface area contributed by atoms with Gasteiger partial charge in [0.25, 0.3) is 0 Å². The Morgan fingerprint density at radius 3 is 2.24 bits per heavy atom. The summed E-state index contributed by atoms with van der Waals surface area (Å²) in [6, 6.07) is 0. The number of aliphatic hydroxyl groups is 1. The van der Waals surface area contributed by atoms with Crippen molar-refractivity contribution in [1.29, 1.82) is 0 Å². The third-order valence-corrected chi connectivity index (χ3v) is 4.42. The van der Waals surface area contributed by atoms with Gasteiger partial charge in [0.2, 0.25) is 5.91 Å². The molecule has 0 aromatic carbocycles. The Morgan fingerprint density at radius 2 is 1.82 bits per heavy atom. The molecule has 1 saturated carbocycles. The van der Waals surface area contributed by atoms with Crippen LogP contribution in [0.3, 0.4) is 0 Å². The number of carboxylic acid groups (broad SMARTS) is 1. The van der Waals surface area contributed by atoms with Crippen LogP contribution in [0.2, 0.25) is 0 Å². The van der Waals surface area contributed by atoms with Gasteiger partial charge in [-0.25, -0.2) is 0 Å². The molecule has 0 aromatic heterocycles. The van der Waals surface area contributed by atoms with E-state index in [0.717, 1.165) is 6.42 Å². The van der Waals surface area contributed by atoms with Crippen molar-refractivity contribution in [3.05, 3.63) is 0 Å². The van der Waals surface area contributed by atoms with Crippen LogP contribution in [0.1, 0.15) is 39.0 Å². The lowest BCUT2D eigenvalue weighted by Crippen LogP contribution is -2.64. The zero-order valence-corrected chi connectivity index (χ0v) is 10.1. The molecule has 0 bridgehead atoms. The maximum Gasteiger partial charge on any atom is 0.312 e. The molecule has 1 saturated heterocycles. The third-order valence-electron chi connectivity index (χ3n) is 4.42. The van der Waals surface area contributed by atoms with Crippen molar-refractivity contribution in [2.45, 2.75) is 44.6 Å². The average molecular weight is 241 g/mol. The number of hydrogen-bond donors (Lipinski definition) is 2. The molecular formula is C12H19NO4. The minimum Gasteiger partial charge on any atom is -0.481 e. The third kappa shape index (κ3) is 1.73. The first kappa shape index (κ1) is 12.4. The van der Waals surface area contributed by atoms with Crippen molar-refractivity contribution >= 4 is 11.9 Å². The molecule has 2 N–H and O–H groups in total. The van der Waals surface area contributed by atoms with E-state index in [1.54, 1.807) is 4.90 Å². The highest BCUT2D eigenvalue weighted by molar-refractivity contribution is 5.78. The van der Waals surface area contributed by atoms with Gasteiger partial charge in [0.05, 0.1) is 17.6 Å². The smallest absolute Gasteiger partial charge is 0.312 e. The average Bonchev–Trinajstić information content (AvgIpc) is 2.14. The first-order valence-corrected chi connectivity index (χ1v) is 6.13. The molecule has 5 heteroatoms. The molecule has 1 aliphatic carbocycles. The topological polar surface area (TPSA) is 77.8 Å². The maximum absolute atomic E-state index is 11.4. The van der Waals surface area contributed by atoms with Crippen LogP contribution in [0.15, 0.2) is 0 Å². The molecular weight excluding hydrogens is 222 g/mol.